The third-order valence-corrected chi connectivity index (χ3v) is 4.16. The minimum absolute atomic E-state index is 0.602. The molecule has 0 aliphatic carbocycles. The standard InChI is InChI=1S/C13H23N3S/c1-10(8-12-4-3-6-15-12)14-7-5-13-9-17-11(2)16-13/h9-10,12,14-15H,3-8H2,1-2H3. The molecule has 96 valence electrons. The van der Waals surface area contributed by atoms with Gasteiger partial charge < -0.3 is 10.6 Å². The minimum Gasteiger partial charge on any atom is -0.314 e. The lowest BCUT2D eigenvalue weighted by molar-refractivity contribution is 0.442. The minimum atomic E-state index is 0.602. The Morgan fingerprint density at radius 1 is 1.65 bits per heavy atom. The van der Waals surface area contributed by atoms with Gasteiger partial charge in [-0.2, -0.15) is 0 Å². The van der Waals surface area contributed by atoms with E-state index in [1.165, 1.54) is 36.5 Å². The van der Waals surface area contributed by atoms with E-state index in [2.05, 4.69) is 34.8 Å². The molecule has 0 amide bonds. The average molecular weight is 253 g/mol. The summed E-state index contributed by atoms with van der Waals surface area (Å²) in [6, 6.07) is 1.34. The van der Waals surface area contributed by atoms with E-state index in [4.69, 9.17) is 0 Å². The van der Waals surface area contributed by atoms with Crippen LogP contribution in [0.2, 0.25) is 0 Å². The monoisotopic (exact) mass is 253 g/mol. The van der Waals surface area contributed by atoms with Crippen LogP contribution in [0.5, 0.6) is 0 Å². The first-order valence-corrected chi connectivity index (χ1v) is 7.50. The molecular formula is C13H23N3S. The van der Waals surface area contributed by atoms with Crippen molar-refractivity contribution in [2.75, 3.05) is 13.1 Å². The van der Waals surface area contributed by atoms with Crippen molar-refractivity contribution in [2.45, 2.75) is 51.6 Å². The van der Waals surface area contributed by atoms with Gasteiger partial charge in [-0.15, -0.1) is 11.3 Å². The molecule has 0 radical (unpaired) electrons. The van der Waals surface area contributed by atoms with Gasteiger partial charge in [-0.1, -0.05) is 0 Å². The van der Waals surface area contributed by atoms with Crippen LogP contribution in [0.3, 0.4) is 0 Å². The highest BCUT2D eigenvalue weighted by atomic mass is 32.1. The number of nitrogens with zero attached hydrogens (tertiary/aromatic N) is 1. The molecule has 4 heteroatoms. The van der Waals surface area contributed by atoms with E-state index in [9.17, 15) is 0 Å². The summed E-state index contributed by atoms with van der Waals surface area (Å²) in [4.78, 5) is 4.48. The highest BCUT2D eigenvalue weighted by Crippen LogP contribution is 2.11. The Balaban J connectivity index is 1.60. The number of nitrogens with one attached hydrogen (secondary N) is 2. The first-order chi connectivity index (χ1) is 8.24. The quantitative estimate of drug-likeness (QED) is 0.815. The smallest absolute Gasteiger partial charge is 0.0897 e. The largest absolute Gasteiger partial charge is 0.314 e. The second-order valence-electron chi connectivity index (χ2n) is 4.99. The summed E-state index contributed by atoms with van der Waals surface area (Å²) in [5.74, 6) is 0. The zero-order valence-corrected chi connectivity index (χ0v) is 11.6. The summed E-state index contributed by atoms with van der Waals surface area (Å²) in [6.07, 6.45) is 4.98. The van der Waals surface area contributed by atoms with E-state index in [1.54, 1.807) is 11.3 Å². The Kier molecular flexibility index (Phi) is 4.95. The molecule has 1 aliphatic rings. The van der Waals surface area contributed by atoms with Crippen molar-refractivity contribution in [3.63, 3.8) is 0 Å². The fourth-order valence-electron chi connectivity index (χ4n) is 2.44. The van der Waals surface area contributed by atoms with Crippen LogP contribution in [0, 0.1) is 6.92 Å². The zero-order valence-electron chi connectivity index (χ0n) is 10.8. The first kappa shape index (κ1) is 13.0. The van der Waals surface area contributed by atoms with E-state index >= 15 is 0 Å². The van der Waals surface area contributed by atoms with Gasteiger partial charge in [-0.05, 0) is 39.7 Å². The number of hydrogen-bond acceptors (Lipinski definition) is 4. The number of thiazole rings is 1. The third-order valence-electron chi connectivity index (χ3n) is 3.34. The molecule has 2 N–H and O–H groups in total. The molecule has 2 heterocycles. The molecule has 0 spiro atoms. The Hall–Kier alpha value is -0.450. The van der Waals surface area contributed by atoms with Gasteiger partial charge in [-0.25, -0.2) is 4.98 Å². The summed E-state index contributed by atoms with van der Waals surface area (Å²) >= 11 is 1.74. The van der Waals surface area contributed by atoms with Crippen LogP contribution in [0.25, 0.3) is 0 Å². The van der Waals surface area contributed by atoms with E-state index in [0.29, 0.717) is 6.04 Å². The second kappa shape index (κ2) is 6.47. The van der Waals surface area contributed by atoms with Crippen LogP contribution in [0.4, 0.5) is 0 Å². The number of aryl methyl sites for hydroxylation is 1. The van der Waals surface area contributed by atoms with Gasteiger partial charge in [0, 0.05) is 30.4 Å². The fourth-order valence-corrected chi connectivity index (χ4v) is 3.08. The van der Waals surface area contributed by atoms with Gasteiger partial charge in [0.1, 0.15) is 0 Å². The third kappa shape index (κ3) is 4.37. The van der Waals surface area contributed by atoms with Crippen molar-refractivity contribution < 1.29 is 0 Å². The van der Waals surface area contributed by atoms with Crippen LogP contribution in [0.1, 0.15) is 36.9 Å². The van der Waals surface area contributed by atoms with Crippen LogP contribution in [0.15, 0.2) is 5.38 Å². The van der Waals surface area contributed by atoms with Gasteiger partial charge >= 0.3 is 0 Å². The molecule has 0 saturated carbocycles. The topological polar surface area (TPSA) is 37.0 Å². The van der Waals surface area contributed by atoms with E-state index in [1.807, 2.05) is 0 Å². The summed E-state index contributed by atoms with van der Waals surface area (Å²) in [5.41, 5.74) is 1.23. The molecule has 17 heavy (non-hydrogen) atoms. The lowest BCUT2D eigenvalue weighted by Gasteiger charge is -2.17. The van der Waals surface area contributed by atoms with Crippen LogP contribution in [-0.4, -0.2) is 30.2 Å². The fraction of sp³-hybridized carbons (Fsp3) is 0.769. The highest BCUT2D eigenvalue weighted by Gasteiger charge is 2.16. The predicted octanol–water partition coefficient (Wildman–Crippen LogP) is 2.11. The first-order valence-electron chi connectivity index (χ1n) is 6.62. The van der Waals surface area contributed by atoms with Crippen molar-refractivity contribution in [1.82, 2.24) is 15.6 Å². The summed E-state index contributed by atoms with van der Waals surface area (Å²) in [6.45, 7) is 6.59. The number of rotatable bonds is 6. The number of hydrogen-bond donors (Lipinski definition) is 2. The molecule has 2 unspecified atom stereocenters. The Morgan fingerprint density at radius 3 is 3.18 bits per heavy atom. The Labute approximate surface area is 108 Å². The van der Waals surface area contributed by atoms with E-state index < -0.39 is 0 Å². The van der Waals surface area contributed by atoms with Crippen LogP contribution in [-0.2, 0) is 6.42 Å². The molecular weight excluding hydrogens is 230 g/mol. The lowest BCUT2D eigenvalue weighted by Crippen LogP contribution is -2.34. The normalized spacial score (nSPS) is 21.9. The van der Waals surface area contributed by atoms with Crippen LogP contribution < -0.4 is 10.6 Å². The maximum Gasteiger partial charge on any atom is 0.0897 e. The molecule has 1 aliphatic heterocycles. The van der Waals surface area contributed by atoms with Gasteiger partial charge in [-0.3, -0.25) is 0 Å². The molecule has 3 nitrogen and oxygen atoms in total. The molecule has 1 aromatic rings. The zero-order chi connectivity index (χ0) is 12.1. The van der Waals surface area contributed by atoms with Crippen molar-refractivity contribution in [3.05, 3.63) is 16.1 Å². The van der Waals surface area contributed by atoms with Gasteiger partial charge in [0.05, 0.1) is 10.7 Å². The molecule has 0 bridgehead atoms. The Morgan fingerprint density at radius 2 is 2.53 bits per heavy atom. The maximum atomic E-state index is 4.48. The second-order valence-corrected chi connectivity index (χ2v) is 6.05. The van der Waals surface area contributed by atoms with E-state index in [0.717, 1.165) is 19.0 Å². The summed E-state index contributed by atoms with van der Waals surface area (Å²) in [5, 5.41) is 10.5. The van der Waals surface area contributed by atoms with Gasteiger partial charge in [0.2, 0.25) is 0 Å². The average Bonchev–Trinajstić information content (AvgIpc) is 2.90. The van der Waals surface area contributed by atoms with Gasteiger partial charge in [0.25, 0.3) is 0 Å². The van der Waals surface area contributed by atoms with Crippen molar-refractivity contribution in [2.24, 2.45) is 0 Å². The predicted molar refractivity (Wildman–Crippen MR) is 73.7 cm³/mol. The molecule has 1 saturated heterocycles. The Bertz CT molecular complexity index is 331. The number of aromatic nitrogens is 1. The molecule has 0 aromatic carbocycles. The van der Waals surface area contributed by atoms with E-state index in [-0.39, 0.29) is 0 Å². The molecule has 2 atom stereocenters. The molecule has 1 fully saturated rings. The van der Waals surface area contributed by atoms with Crippen LogP contribution >= 0.6 is 11.3 Å². The summed E-state index contributed by atoms with van der Waals surface area (Å²) in [7, 11) is 0. The van der Waals surface area contributed by atoms with Crippen molar-refractivity contribution in [1.29, 1.82) is 0 Å². The van der Waals surface area contributed by atoms with Gasteiger partial charge in [0.15, 0.2) is 0 Å². The lowest BCUT2D eigenvalue weighted by atomic mass is 10.1. The molecule has 1 aromatic heterocycles. The summed E-state index contributed by atoms with van der Waals surface area (Å²) < 4.78 is 0. The SMILES string of the molecule is Cc1nc(CCNC(C)CC2CCCN2)cs1. The van der Waals surface area contributed by atoms with Crippen molar-refractivity contribution >= 4 is 11.3 Å². The molecule has 2 rings (SSSR count). The maximum absolute atomic E-state index is 4.48. The van der Waals surface area contributed by atoms with Crippen molar-refractivity contribution in [3.8, 4) is 0 Å². The highest BCUT2D eigenvalue weighted by molar-refractivity contribution is 7.09.